The van der Waals surface area contributed by atoms with Crippen molar-refractivity contribution < 1.29 is 9.53 Å². The minimum absolute atomic E-state index is 0.0165. The molecule has 1 amide bonds. The predicted molar refractivity (Wildman–Crippen MR) is 74.2 cm³/mol. The van der Waals surface area contributed by atoms with Crippen molar-refractivity contribution in [2.24, 2.45) is 5.73 Å². The van der Waals surface area contributed by atoms with Crippen LogP contribution in [0.1, 0.15) is 30.1 Å². The molecule has 18 heavy (non-hydrogen) atoms. The Labute approximate surface area is 112 Å². The summed E-state index contributed by atoms with van der Waals surface area (Å²) in [7, 11) is 0. The van der Waals surface area contributed by atoms with E-state index in [-0.39, 0.29) is 11.0 Å². The van der Waals surface area contributed by atoms with E-state index in [2.05, 4.69) is 30.0 Å². The number of hydrogen-bond donors (Lipinski definition) is 3. The van der Waals surface area contributed by atoms with E-state index >= 15 is 0 Å². The molecular weight excluding hydrogens is 250 g/mol. The minimum atomic E-state index is -0.303. The van der Waals surface area contributed by atoms with Crippen LogP contribution in [0.4, 0.5) is 0 Å². The fourth-order valence-electron chi connectivity index (χ4n) is 1.23. The van der Waals surface area contributed by atoms with Gasteiger partial charge in [0.1, 0.15) is 5.75 Å². The Balaban J connectivity index is 2.48. The van der Waals surface area contributed by atoms with Crippen LogP contribution in [0.3, 0.4) is 0 Å². The second kappa shape index (κ2) is 7.50. The van der Waals surface area contributed by atoms with Crippen molar-refractivity contribution in [2.45, 2.75) is 19.8 Å². The molecule has 0 radical (unpaired) electrons. The third-order valence-corrected chi connectivity index (χ3v) is 2.28. The summed E-state index contributed by atoms with van der Waals surface area (Å²) in [6.45, 7) is 2.79. The van der Waals surface area contributed by atoms with E-state index in [1.807, 2.05) is 0 Å². The van der Waals surface area contributed by atoms with Crippen molar-refractivity contribution >= 4 is 23.2 Å². The second-order valence-corrected chi connectivity index (χ2v) is 4.11. The molecule has 0 atom stereocenters. The Morgan fingerprint density at radius 1 is 1.33 bits per heavy atom. The number of hydrogen-bond acceptors (Lipinski definition) is 3. The highest BCUT2D eigenvalue weighted by molar-refractivity contribution is 7.80. The molecule has 98 valence electrons. The predicted octanol–water partition coefficient (Wildman–Crippen LogP) is 1.34. The zero-order valence-electron chi connectivity index (χ0n) is 10.2. The van der Waals surface area contributed by atoms with Crippen LogP contribution in [0.5, 0.6) is 5.75 Å². The number of unbranched alkanes of at least 4 members (excludes halogenated alkanes) is 1. The van der Waals surface area contributed by atoms with E-state index in [4.69, 9.17) is 10.5 Å². The third-order valence-electron chi connectivity index (χ3n) is 2.18. The molecule has 0 saturated heterocycles. The molecule has 0 aliphatic rings. The first-order valence-corrected chi connectivity index (χ1v) is 6.13. The number of carbonyl (C=O) groups is 1. The first-order valence-electron chi connectivity index (χ1n) is 5.72. The van der Waals surface area contributed by atoms with Gasteiger partial charge in [0, 0.05) is 5.56 Å². The molecule has 1 aromatic carbocycles. The molecule has 0 fully saturated rings. The average Bonchev–Trinajstić information content (AvgIpc) is 2.37. The van der Waals surface area contributed by atoms with Gasteiger partial charge in [0.15, 0.2) is 5.11 Å². The summed E-state index contributed by atoms with van der Waals surface area (Å²) >= 11 is 4.58. The Kier molecular flexibility index (Phi) is 5.93. The quantitative estimate of drug-likeness (QED) is 0.426. The summed E-state index contributed by atoms with van der Waals surface area (Å²) in [5.41, 5.74) is 10.5. The molecule has 1 rings (SSSR count). The highest BCUT2D eigenvalue weighted by atomic mass is 32.1. The van der Waals surface area contributed by atoms with Crippen molar-refractivity contribution in [3.63, 3.8) is 0 Å². The van der Waals surface area contributed by atoms with Gasteiger partial charge in [0.05, 0.1) is 6.61 Å². The summed E-state index contributed by atoms with van der Waals surface area (Å²) < 4.78 is 5.49. The smallest absolute Gasteiger partial charge is 0.269 e. The number of benzene rings is 1. The fraction of sp³-hybridized carbons (Fsp3) is 0.333. The lowest BCUT2D eigenvalue weighted by Crippen LogP contribution is -2.44. The van der Waals surface area contributed by atoms with Crippen LogP contribution in [-0.4, -0.2) is 17.6 Å². The Hall–Kier alpha value is -1.82. The maximum atomic E-state index is 11.6. The average molecular weight is 267 g/mol. The topological polar surface area (TPSA) is 76.4 Å². The second-order valence-electron chi connectivity index (χ2n) is 3.67. The van der Waals surface area contributed by atoms with Crippen LogP contribution in [0, 0.1) is 0 Å². The van der Waals surface area contributed by atoms with E-state index < -0.39 is 0 Å². The molecule has 0 aliphatic carbocycles. The molecule has 0 spiro atoms. The van der Waals surface area contributed by atoms with Crippen molar-refractivity contribution in [2.75, 3.05) is 6.61 Å². The van der Waals surface area contributed by atoms with E-state index in [0.717, 1.165) is 18.6 Å². The summed E-state index contributed by atoms with van der Waals surface area (Å²) in [6.07, 6.45) is 2.10. The van der Waals surface area contributed by atoms with Crippen LogP contribution in [0.15, 0.2) is 24.3 Å². The van der Waals surface area contributed by atoms with Gasteiger partial charge < -0.3 is 10.5 Å². The fourth-order valence-corrected chi connectivity index (χ4v) is 1.28. The molecule has 0 aliphatic heterocycles. The number of hydrazine groups is 1. The zero-order valence-corrected chi connectivity index (χ0v) is 11.0. The molecule has 0 heterocycles. The SMILES string of the molecule is CCCCOc1ccc(C(=O)NNC(N)=S)cc1. The van der Waals surface area contributed by atoms with Gasteiger partial charge in [-0.2, -0.15) is 0 Å². The van der Waals surface area contributed by atoms with E-state index in [1.165, 1.54) is 0 Å². The number of ether oxygens (including phenoxy) is 1. The van der Waals surface area contributed by atoms with Crippen molar-refractivity contribution in [3.05, 3.63) is 29.8 Å². The maximum absolute atomic E-state index is 11.6. The monoisotopic (exact) mass is 267 g/mol. The van der Waals surface area contributed by atoms with Gasteiger partial charge in [0.2, 0.25) is 0 Å². The van der Waals surface area contributed by atoms with Gasteiger partial charge in [-0.1, -0.05) is 13.3 Å². The molecule has 6 heteroatoms. The zero-order chi connectivity index (χ0) is 13.4. The first kappa shape index (κ1) is 14.2. The molecule has 0 saturated carbocycles. The molecule has 0 bridgehead atoms. The lowest BCUT2D eigenvalue weighted by molar-refractivity contribution is 0.0944. The summed E-state index contributed by atoms with van der Waals surface area (Å²) in [5, 5.41) is 0.0165. The lowest BCUT2D eigenvalue weighted by atomic mass is 10.2. The maximum Gasteiger partial charge on any atom is 0.269 e. The van der Waals surface area contributed by atoms with Gasteiger partial charge in [-0.15, -0.1) is 0 Å². The highest BCUT2D eigenvalue weighted by Crippen LogP contribution is 2.12. The van der Waals surface area contributed by atoms with Crippen molar-refractivity contribution in [3.8, 4) is 5.75 Å². The standard InChI is InChI=1S/C12H17N3O2S/c1-2-3-8-17-10-6-4-9(5-7-10)11(16)14-15-12(13)18/h4-7H,2-3,8H2,1H3,(H,14,16)(H3,13,15,18). The molecule has 5 nitrogen and oxygen atoms in total. The van der Waals surface area contributed by atoms with Crippen molar-refractivity contribution in [1.29, 1.82) is 0 Å². The van der Waals surface area contributed by atoms with E-state index in [9.17, 15) is 4.79 Å². The van der Waals surface area contributed by atoms with E-state index in [1.54, 1.807) is 24.3 Å². The summed E-state index contributed by atoms with van der Waals surface area (Å²) in [6, 6.07) is 6.87. The van der Waals surface area contributed by atoms with E-state index in [0.29, 0.717) is 12.2 Å². The molecular formula is C12H17N3O2S. The highest BCUT2D eigenvalue weighted by Gasteiger charge is 2.04. The number of nitrogens with one attached hydrogen (secondary N) is 2. The van der Waals surface area contributed by atoms with Crippen LogP contribution in [0.25, 0.3) is 0 Å². The van der Waals surface area contributed by atoms with Gasteiger partial charge in [-0.05, 0) is 42.9 Å². The summed E-state index contributed by atoms with van der Waals surface area (Å²) in [4.78, 5) is 11.6. The molecule has 0 unspecified atom stereocenters. The third kappa shape index (κ3) is 5.01. The van der Waals surface area contributed by atoms with Gasteiger partial charge >= 0.3 is 0 Å². The minimum Gasteiger partial charge on any atom is -0.494 e. The largest absolute Gasteiger partial charge is 0.494 e. The summed E-state index contributed by atoms with van der Waals surface area (Å²) in [5.74, 6) is 0.449. The van der Waals surface area contributed by atoms with Crippen LogP contribution in [0.2, 0.25) is 0 Å². The number of carbonyl (C=O) groups excluding carboxylic acids is 1. The van der Waals surface area contributed by atoms with Gasteiger partial charge in [0.25, 0.3) is 5.91 Å². The Morgan fingerprint density at radius 3 is 2.56 bits per heavy atom. The molecule has 0 aromatic heterocycles. The van der Waals surface area contributed by atoms with Crippen LogP contribution >= 0.6 is 12.2 Å². The molecule has 1 aromatic rings. The van der Waals surface area contributed by atoms with Gasteiger partial charge in [-0.25, -0.2) is 0 Å². The number of thiocarbonyl (C=S) groups is 1. The first-order chi connectivity index (χ1) is 8.63. The van der Waals surface area contributed by atoms with Crippen LogP contribution in [-0.2, 0) is 0 Å². The number of rotatable bonds is 5. The lowest BCUT2D eigenvalue weighted by Gasteiger charge is -2.08. The van der Waals surface area contributed by atoms with Crippen molar-refractivity contribution in [1.82, 2.24) is 10.9 Å². The number of nitrogens with two attached hydrogens (primary N) is 1. The van der Waals surface area contributed by atoms with Gasteiger partial charge in [-0.3, -0.25) is 15.6 Å². The number of amides is 1. The normalized spacial score (nSPS) is 9.61. The van der Waals surface area contributed by atoms with Crippen LogP contribution < -0.4 is 21.3 Å². The Morgan fingerprint density at radius 2 is 2.00 bits per heavy atom. The molecule has 4 N–H and O–H groups in total. The Bertz CT molecular complexity index is 406.